The van der Waals surface area contributed by atoms with Crippen LogP contribution in [0.4, 0.5) is 5.13 Å². The van der Waals surface area contributed by atoms with E-state index in [0.717, 1.165) is 31.6 Å². The Morgan fingerprint density at radius 2 is 2.11 bits per heavy atom. The van der Waals surface area contributed by atoms with Gasteiger partial charge in [0.15, 0.2) is 17.0 Å². The molecule has 0 aliphatic carbocycles. The van der Waals surface area contributed by atoms with E-state index in [-0.39, 0.29) is 6.10 Å². The summed E-state index contributed by atoms with van der Waals surface area (Å²) in [5.41, 5.74) is 9.40. The molecule has 0 radical (unpaired) electrons. The lowest BCUT2D eigenvalue weighted by molar-refractivity contribution is 0.0851. The number of thiazole rings is 1. The van der Waals surface area contributed by atoms with E-state index in [4.69, 9.17) is 15.2 Å². The van der Waals surface area contributed by atoms with Gasteiger partial charge >= 0.3 is 0 Å². The smallest absolute Gasteiger partial charge is 0.257 e. The van der Waals surface area contributed by atoms with Crippen LogP contribution in [0.1, 0.15) is 27.8 Å². The highest BCUT2D eigenvalue weighted by atomic mass is 32.1. The molecule has 6 nitrogen and oxygen atoms in total. The molecule has 2 N–H and O–H groups in total. The molecule has 0 amide bonds. The second kappa shape index (κ2) is 6.83. The molecule has 1 aromatic carbocycles. The molecule has 0 bridgehead atoms. The largest absolute Gasteiger partial charge is 0.484 e. The number of nitrogens with two attached hydrogens (primary N) is 1. The molecule has 0 spiro atoms. The summed E-state index contributed by atoms with van der Waals surface area (Å²) in [4.78, 5) is 12.4. The first-order chi connectivity index (χ1) is 13.2. The van der Waals surface area contributed by atoms with Gasteiger partial charge < -0.3 is 15.2 Å². The number of aromatic nitrogens is 2. The minimum absolute atomic E-state index is 0.126. The minimum Gasteiger partial charge on any atom is -0.484 e. The van der Waals surface area contributed by atoms with Crippen LogP contribution < -0.4 is 15.2 Å². The molecule has 4 heterocycles. The Morgan fingerprint density at radius 3 is 3.00 bits per heavy atom. The van der Waals surface area contributed by atoms with Crippen LogP contribution in [0.2, 0.25) is 0 Å². The van der Waals surface area contributed by atoms with E-state index < -0.39 is 0 Å². The normalized spacial score (nSPS) is 18.9. The van der Waals surface area contributed by atoms with Crippen LogP contribution in [0, 0.1) is 0 Å². The van der Waals surface area contributed by atoms with E-state index >= 15 is 0 Å². The fourth-order valence-corrected chi connectivity index (χ4v) is 4.49. The van der Waals surface area contributed by atoms with Gasteiger partial charge in [-0.25, -0.2) is 9.97 Å². The lowest BCUT2D eigenvalue weighted by Crippen LogP contribution is -2.29. The highest BCUT2D eigenvalue weighted by molar-refractivity contribution is 7.15. The van der Waals surface area contributed by atoms with Crippen LogP contribution >= 0.6 is 11.3 Å². The molecule has 3 aromatic rings. The van der Waals surface area contributed by atoms with Crippen LogP contribution in [0.3, 0.4) is 0 Å². The fourth-order valence-electron chi connectivity index (χ4n) is 3.57. The number of benzene rings is 1. The van der Waals surface area contributed by atoms with Gasteiger partial charge in [0.1, 0.15) is 6.61 Å². The molecule has 0 fully saturated rings. The van der Waals surface area contributed by atoms with Crippen molar-refractivity contribution in [3.05, 3.63) is 64.3 Å². The van der Waals surface area contributed by atoms with E-state index in [1.807, 2.05) is 12.1 Å². The second-order valence-corrected chi connectivity index (χ2v) is 7.96. The van der Waals surface area contributed by atoms with Crippen molar-refractivity contribution in [3.8, 4) is 11.6 Å². The number of hydrogen-bond donors (Lipinski definition) is 1. The predicted molar refractivity (Wildman–Crippen MR) is 104 cm³/mol. The number of anilines is 1. The van der Waals surface area contributed by atoms with Crippen molar-refractivity contribution < 1.29 is 9.47 Å². The molecular formula is C20H20N4O2S. The Hall–Kier alpha value is -2.64. The molecule has 0 saturated carbocycles. The Kier molecular flexibility index (Phi) is 4.18. The van der Waals surface area contributed by atoms with E-state index in [1.54, 1.807) is 17.5 Å². The number of ether oxygens (including phenoxy) is 2. The van der Waals surface area contributed by atoms with Crippen molar-refractivity contribution in [2.24, 2.45) is 0 Å². The van der Waals surface area contributed by atoms with Crippen LogP contribution in [-0.4, -0.2) is 28.0 Å². The monoisotopic (exact) mass is 380 g/mol. The molecule has 1 atom stereocenters. The molecule has 2 aliphatic heterocycles. The third-order valence-electron chi connectivity index (χ3n) is 4.96. The summed E-state index contributed by atoms with van der Waals surface area (Å²) in [5.74, 6) is 1.27. The lowest BCUT2D eigenvalue weighted by atomic mass is 10.1. The summed E-state index contributed by atoms with van der Waals surface area (Å²) < 4.78 is 11.8. The first-order valence-corrected chi connectivity index (χ1v) is 9.86. The predicted octanol–water partition coefficient (Wildman–Crippen LogP) is 3.19. The SMILES string of the molecule is Nc1nc2c(s1)CN(Cc1ccc(C3COc4cccnc4O3)cc1)CC2. The van der Waals surface area contributed by atoms with E-state index in [1.165, 1.54) is 16.1 Å². The molecule has 1 unspecified atom stereocenters. The Bertz CT molecular complexity index is 957. The van der Waals surface area contributed by atoms with Gasteiger partial charge in [-0.1, -0.05) is 24.3 Å². The van der Waals surface area contributed by atoms with Crippen molar-refractivity contribution in [3.63, 3.8) is 0 Å². The standard InChI is InChI=1S/C20H20N4O2S/c21-20-23-15-7-9-24(11-18(15)27-20)10-13-3-5-14(6-4-13)17-12-25-16-2-1-8-22-19(16)26-17/h1-6,8,17H,7,9-12H2,(H2,21,23). The van der Waals surface area contributed by atoms with Crippen LogP contribution in [0.5, 0.6) is 11.6 Å². The highest BCUT2D eigenvalue weighted by Crippen LogP contribution is 2.34. The molecule has 5 rings (SSSR count). The van der Waals surface area contributed by atoms with Gasteiger partial charge in [-0.2, -0.15) is 0 Å². The summed E-state index contributed by atoms with van der Waals surface area (Å²) in [5, 5.41) is 0.678. The van der Waals surface area contributed by atoms with Gasteiger partial charge in [-0.15, -0.1) is 11.3 Å². The van der Waals surface area contributed by atoms with Crippen molar-refractivity contribution >= 4 is 16.5 Å². The highest BCUT2D eigenvalue weighted by Gasteiger charge is 2.24. The van der Waals surface area contributed by atoms with Gasteiger partial charge in [0.25, 0.3) is 5.88 Å². The zero-order valence-corrected chi connectivity index (χ0v) is 15.6. The number of fused-ring (bicyclic) bond motifs is 2. The summed E-state index contributed by atoms with van der Waals surface area (Å²) in [6.07, 6.45) is 2.56. The number of rotatable bonds is 3. The quantitative estimate of drug-likeness (QED) is 0.752. The number of hydrogen-bond acceptors (Lipinski definition) is 7. The van der Waals surface area contributed by atoms with Crippen LogP contribution in [0.25, 0.3) is 0 Å². The molecular weight excluding hydrogens is 360 g/mol. The molecule has 0 saturated heterocycles. The minimum atomic E-state index is -0.126. The van der Waals surface area contributed by atoms with E-state index in [2.05, 4.69) is 39.1 Å². The van der Waals surface area contributed by atoms with Gasteiger partial charge in [0, 0.05) is 37.1 Å². The average Bonchev–Trinajstić information content (AvgIpc) is 3.07. The topological polar surface area (TPSA) is 73.5 Å². The molecule has 7 heteroatoms. The Balaban J connectivity index is 1.25. The van der Waals surface area contributed by atoms with Crippen molar-refractivity contribution in [2.45, 2.75) is 25.6 Å². The Labute approximate surface area is 161 Å². The van der Waals surface area contributed by atoms with Crippen LogP contribution in [-0.2, 0) is 19.5 Å². The summed E-state index contributed by atoms with van der Waals surface area (Å²) in [6, 6.07) is 12.3. The fraction of sp³-hybridized carbons (Fsp3) is 0.300. The van der Waals surface area contributed by atoms with Crippen LogP contribution in [0.15, 0.2) is 42.6 Å². The first-order valence-electron chi connectivity index (χ1n) is 9.04. The summed E-state index contributed by atoms with van der Waals surface area (Å²) in [7, 11) is 0. The lowest BCUT2D eigenvalue weighted by Gasteiger charge is -2.27. The number of nitrogen functional groups attached to an aromatic ring is 1. The van der Waals surface area contributed by atoms with Gasteiger partial charge in [-0.05, 0) is 23.3 Å². The van der Waals surface area contributed by atoms with Crippen molar-refractivity contribution in [1.82, 2.24) is 14.9 Å². The zero-order valence-electron chi connectivity index (χ0n) is 14.8. The second-order valence-electron chi connectivity index (χ2n) is 6.85. The Morgan fingerprint density at radius 1 is 1.22 bits per heavy atom. The summed E-state index contributed by atoms with van der Waals surface area (Å²) >= 11 is 1.61. The molecule has 138 valence electrons. The molecule has 27 heavy (non-hydrogen) atoms. The first kappa shape index (κ1) is 16.5. The third-order valence-corrected chi connectivity index (χ3v) is 5.88. The third kappa shape index (κ3) is 3.36. The molecule has 2 aromatic heterocycles. The molecule has 2 aliphatic rings. The maximum Gasteiger partial charge on any atom is 0.257 e. The average molecular weight is 380 g/mol. The summed E-state index contributed by atoms with van der Waals surface area (Å²) in [6.45, 7) is 3.36. The zero-order chi connectivity index (χ0) is 18.2. The van der Waals surface area contributed by atoms with Crippen molar-refractivity contribution in [1.29, 1.82) is 0 Å². The number of pyridine rings is 1. The van der Waals surface area contributed by atoms with Crippen molar-refractivity contribution in [2.75, 3.05) is 18.9 Å². The maximum atomic E-state index is 5.99. The van der Waals surface area contributed by atoms with Gasteiger partial charge in [0.2, 0.25) is 0 Å². The maximum absolute atomic E-state index is 5.99. The van der Waals surface area contributed by atoms with E-state index in [0.29, 0.717) is 23.4 Å². The van der Waals surface area contributed by atoms with E-state index in [9.17, 15) is 0 Å². The number of nitrogens with zero attached hydrogens (tertiary/aromatic N) is 3. The van der Waals surface area contributed by atoms with Gasteiger partial charge in [0.05, 0.1) is 5.69 Å². The van der Waals surface area contributed by atoms with Gasteiger partial charge in [-0.3, -0.25) is 4.90 Å².